The molecule has 1 atom stereocenters. The molecular weight excluding hydrogens is 358 g/mol. The first-order chi connectivity index (χ1) is 13.5. The number of likely N-dealkylation sites (tertiary alicyclic amines) is 1. The van der Waals surface area contributed by atoms with Crippen LogP contribution in [-0.2, 0) is 4.79 Å². The minimum Gasteiger partial charge on any atom is -0.493 e. The zero-order valence-electron chi connectivity index (χ0n) is 17.3. The molecule has 2 aliphatic rings. The van der Waals surface area contributed by atoms with Gasteiger partial charge in [-0.2, -0.15) is 0 Å². The number of carbonyl (C=O) groups is 2. The number of ether oxygens (including phenoxy) is 2. The van der Waals surface area contributed by atoms with E-state index in [1.807, 2.05) is 9.80 Å². The Morgan fingerprint density at radius 2 is 1.79 bits per heavy atom. The predicted molar refractivity (Wildman–Crippen MR) is 107 cm³/mol. The fourth-order valence-corrected chi connectivity index (χ4v) is 4.19. The quantitative estimate of drug-likeness (QED) is 0.769. The summed E-state index contributed by atoms with van der Waals surface area (Å²) in [6.45, 7) is 7.61. The summed E-state index contributed by atoms with van der Waals surface area (Å²) in [7, 11) is 3.11. The van der Waals surface area contributed by atoms with Crippen molar-refractivity contribution in [2.24, 2.45) is 0 Å². The van der Waals surface area contributed by atoms with Crippen molar-refractivity contribution < 1.29 is 19.1 Å². The minimum absolute atomic E-state index is 0.0558. The van der Waals surface area contributed by atoms with E-state index in [0.717, 1.165) is 19.4 Å². The lowest BCUT2D eigenvalue weighted by atomic mass is 10.0. The SMILES string of the molecule is COc1cccc(C(=O)N2CCN(C3CCCN(C(C)C)C3=O)CC2)c1OC. The van der Waals surface area contributed by atoms with Crippen molar-refractivity contribution in [1.29, 1.82) is 0 Å². The van der Waals surface area contributed by atoms with Crippen molar-refractivity contribution in [3.63, 3.8) is 0 Å². The van der Waals surface area contributed by atoms with Crippen LogP contribution in [0.4, 0.5) is 0 Å². The van der Waals surface area contributed by atoms with E-state index in [4.69, 9.17) is 9.47 Å². The third kappa shape index (κ3) is 3.94. The summed E-state index contributed by atoms with van der Waals surface area (Å²) in [5.74, 6) is 1.19. The molecule has 1 aromatic rings. The second kappa shape index (κ2) is 8.82. The summed E-state index contributed by atoms with van der Waals surface area (Å²) in [5, 5.41) is 0. The topological polar surface area (TPSA) is 62.3 Å². The molecule has 2 aliphatic heterocycles. The first kappa shape index (κ1) is 20.5. The summed E-state index contributed by atoms with van der Waals surface area (Å²) >= 11 is 0. The summed E-state index contributed by atoms with van der Waals surface area (Å²) in [6, 6.07) is 5.52. The molecule has 0 N–H and O–H groups in total. The molecule has 154 valence electrons. The van der Waals surface area contributed by atoms with Gasteiger partial charge >= 0.3 is 0 Å². The van der Waals surface area contributed by atoms with Crippen LogP contribution in [0.5, 0.6) is 11.5 Å². The number of hydrogen-bond donors (Lipinski definition) is 0. The first-order valence-electron chi connectivity index (χ1n) is 10.0. The van der Waals surface area contributed by atoms with Gasteiger partial charge in [0.1, 0.15) is 0 Å². The second-order valence-corrected chi connectivity index (χ2v) is 7.65. The molecule has 1 unspecified atom stereocenters. The van der Waals surface area contributed by atoms with Gasteiger partial charge in [0, 0.05) is 38.8 Å². The first-order valence-corrected chi connectivity index (χ1v) is 10.0. The Hall–Kier alpha value is -2.28. The van der Waals surface area contributed by atoms with Crippen LogP contribution in [0.15, 0.2) is 18.2 Å². The molecule has 2 amide bonds. The summed E-state index contributed by atoms with van der Waals surface area (Å²) in [4.78, 5) is 31.9. The van der Waals surface area contributed by atoms with Crippen molar-refractivity contribution in [3.8, 4) is 11.5 Å². The molecule has 28 heavy (non-hydrogen) atoms. The molecule has 3 rings (SSSR count). The number of piperazine rings is 1. The van der Waals surface area contributed by atoms with Gasteiger partial charge in [-0.25, -0.2) is 0 Å². The minimum atomic E-state index is -0.0609. The number of benzene rings is 1. The molecular formula is C21H31N3O4. The third-order valence-electron chi connectivity index (χ3n) is 5.74. The Kier molecular flexibility index (Phi) is 6.44. The van der Waals surface area contributed by atoms with Crippen molar-refractivity contribution in [3.05, 3.63) is 23.8 Å². The lowest BCUT2D eigenvalue weighted by Crippen LogP contribution is -2.59. The number of rotatable bonds is 5. The van der Waals surface area contributed by atoms with Crippen molar-refractivity contribution >= 4 is 11.8 Å². The van der Waals surface area contributed by atoms with Gasteiger partial charge in [0.2, 0.25) is 5.91 Å². The normalized spacial score (nSPS) is 21.2. The molecule has 2 heterocycles. The fourth-order valence-electron chi connectivity index (χ4n) is 4.19. The van der Waals surface area contributed by atoms with Gasteiger partial charge in [-0.15, -0.1) is 0 Å². The number of hydrogen-bond acceptors (Lipinski definition) is 5. The van der Waals surface area contributed by atoms with Crippen LogP contribution in [0.1, 0.15) is 37.0 Å². The summed E-state index contributed by atoms with van der Waals surface area (Å²) < 4.78 is 10.7. The molecule has 0 radical (unpaired) electrons. The number of carbonyl (C=O) groups excluding carboxylic acids is 2. The van der Waals surface area contributed by atoms with Crippen molar-refractivity contribution in [2.45, 2.75) is 38.8 Å². The van der Waals surface area contributed by atoms with Crippen LogP contribution in [0.2, 0.25) is 0 Å². The maximum atomic E-state index is 13.0. The van der Waals surface area contributed by atoms with E-state index in [-0.39, 0.29) is 23.9 Å². The van der Waals surface area contributed by atoms with E-state index in [9.17, 15) is 9.59 Å². The lowest BCUT2D eigenvalue weighted by Gasteiger charge is -2.43. The average molecular weight is 389 g/mol. The van der Waals surface area contributed by atoms with E-state index in [0.29, 0.717) is 43.2 Å². The van der Waals surface area contributed by atoms with Crippen LogP contribution < -0.4 is 9.47 Å². The monoisotopic (exact) mass is 389 g/mol. The molecule has 2 fully saturated rings. The molecule has 0 aliphatic carbocycles. The average Bonchev–Trinajstić information content (AvgIpc) is 2.72. The number of para-hydroxylation sites is 1. The van der Waals surface area contributed by atoms with Gasteiger partial charge in [-0.05, 0) is 38.8 Å². The molecule has 1 aromatic carbocycles. The zero-order valence-corrected chi connectivity index (χ0v) is 17.3. The number of methoxy groups -OCH3 is 2. The van der Waals surface area contributed by atoms with E-state index in [1.165, 1.54) is 0 Å². The molecule has 0 aromatic heterocycles. The Morgan fingerprint density at radius 1 is 1.07 bits per heavy atom. The van der Waals surface area contributed by atoms with Gasteiger partial charge in [0.15, 0.2) is 11.5 Å². The third-order valence-corrected chi connectivity index (χ3v) is 5.74. The molecule has 0 spiro atoms. The maximum Gasteiger partial charge on any atom is 0.257 e. The predicted octanol–water partition coefficient (Wildman–Crippen LogP) is 1.86. The molecule has 0 bridgehead atoms. The molecule has 2 saturated heterocycles. The standard InChI is InChI=1S/C21H31N3O4/c1-15(2)24-10-6-8-17(21(24)26)22-11-13-23(14-12-22)20(25)16-7-5-9-18(27-3)19(16)28-4/h5,7,9,15,17H,6,8,10-14H2,1-4H3. The lowest BCUT2D eigenvalue weighted by molar-refractivity contribution is -0.142. The van der Waals surface area contributed by atoms with Crippen LogP contribution in [0, 0.1) is 0 Å². The van der Waals surface area contributed by atoms with Gasteiger partial charge < -0.3 is 19.3 Å². The Morgan fingerprint density at radius 3 is 2.39 bits per heavy atom. The number of amides is 2. The highest BCUT2D eigenvalue weighted by Crippen LogP contribution is 2.32. The summed E-state index contributed by atoms with van der Waals surface area (Å²) in [5.41, 5.74) is 0.509. The fraction of sp³-hybridized carbons (Fsp3) is 0.619. The Balaban J connectivity index is 1.66. The van der Waals surface area contributed by atoms with Crippen LogP contribution in [-0.4, -0.2) is 85.5 Å². The smallest absolute Gasteiger partial charge is 0.257 e. The molecule has 0 saturated carbocycles. The Labute approximate surface area is 167 Å². The van der Waals surface area contributed by atoms with E-state index in [2.05, 4.69) is 18.7 Å². The molecule has 7 nitrogen and oxygen atoms in total. The molecule has 7 heteroatoms. The number of piperidine rings is 1. The van der Waals surface area contributed by atoms with Crippen LogP contribution in [0.3, 0.4) is 0 Å². The van der Waals surface area contributed by atoms with Crippen molar-refractivity contribution in [1.82, 2.24) is 14.7 Å². The van der Waals surface area contributed by atoms with E-state index >= 15 is 0 Å². The highest BCUT2D eigenvalue weighted by atomic mass is 16.5. The highest BCUT2D eigenvalue weighted by Gasteiger charge is 2.36. The second-order valence-electron chi connectivity index (χ2n) is 7.65. The largest absolute Gasteiger partial charge is 0.493 e. The Bertz CT molecular complexity index is 714. The number of nitrogens with zero attached hydrogens (tertiary/aromatic N) is 3. The van der Waals surface area contributed by atoms with Crippen LogP contribution >= 0.6 is 0 Å². The van der Waals surface area contributed by atoms with Gasteiger partial charge in [-0.3, -0.25) is 14.5 Å². The summed E-state index contributed by atoms with van der Waals surface area (Å²) in [6.07, 6.45) is 1.94. The van der Waals surface area contributed by atoms with Crippen molar-refractivity contribution in [2.75, 3.05) is 46.9 Å². The zero-order chi connectivity index (χ0) is 20.3. The van der Waals surface area contributed by atoms with Gasteiger partial charge in [0.25, 0.3) is 5.91 Å². The van der Waals surface area contributed by atoms with Gasteiger partial charge in [-0.1, -0.05) is 6.07 Å². The van der Waals surface area contributed by atoms with E-state index in [1.54, 1.807) is 32.4 Å². The van der Waals surface area contributed by atoms with E-state index < -0.39 is 0 Å². The highest BCUT2D eigenvalue weighted by molar-refractivity contribution is 5.98. The van der Waals surface area contributed by atoms with Crippen LogP contribution in [0.25, 0.3) is 0 Å². The maximum absolute atomic E-state index is 13.0. The van der Waals surface area contributed by atoms with Gasteiger partial charge in [0.05, 0.1) is 25.8 Å².